The van der Waals surface area contributed by atoms with Crippen LogP contribution in [-0.4, -0.2) is 57.1 Å². The summed E-state index contributed by atoms with van der Waals surface area (Å²) in [7, 11) is -4.33. The van der Waals surface area contributed by atoms with E-state index >= 15 is 4.39 Å². The van der Waals surface area contributed by atoms with Crippen LogP contribution in [0.4, 0.5) is 28.0 Å². The van der Waals surface area contributed by atoms with E-state index in [0.29, 0.717) is 31.4 Å². The fourth-order valence-corrected chi connectivity index (χ4v) is 7.61. The Morgan fingerprint density at radius 2 is 1.63 bits per heavy atom. The number of halogens is 4. The number of amides is 3. The van der Waals surface area contributed by atoms with E-state index in [4.69, 9.17) is 9.47 Å². The van der Waals surface area contributed by atoms with E-state index in [1.54, 1.807) is 45.0 Å². The molecule has 0 saturated heterocycles. The van der Waals surface area contributed by atoms with Crippen molar-refractivity contribution in [2.75, 3.05) is 19.0 Å². The van der Waals surface area contributed by atoms with Gasteiger partial charge in [0.25, 0.3) is 15.7 Å². The lowest BCUT2D eigenvalue weighted by atomic mass is 9.83. The van der Waals surface area contributed by atoms with Gasteiger partial charge in [0, 0.05) is 29.9 Å². The van der Waals surface area contributed by atoms with Gasteiger partial charge >= 0.3 is 11.6 Å². The molecule has 4 atom stereocenters. The molecule has 0 radical (unpaired) electrons. The number of anilines is 1. The Bertz CT molecular complexity index is 1910. The van der Waals surface area contributed by atoms with E-state index in [9.17, 15) is 36.0 Å². The smallest absolute Gasteiger partial charge is 0.496 e. The Balaban J connectivity index is 1.31. The summed E-state index contributed by atoms with van der Waals surface area (Å²) in [4.78, 5) is 38.2. The minimum Gasteiger partial charge on any atom is -0.496 e. The Kier molecular flexibility index (Phi) is 10.7. The first-order chi connectivity index (χ1) is 23.9. The number of alkyl halides is 3. The van der Waals surface area contributed by atoms with Crippen LogP contribution in [-0.2, 0) is 25.8 Å². The topological polar surface area (TPSA) is 140 Å². The molecule has 2 bridgehead atoms. The van der Waals surface area contributed by atoms with Crippen molar-refractivity contribution in [3.05, 3.63) is 77.6 Å². The van der Waals surface area contributed by atoms with Crippen molar-refractivity contribution in [1.82, 2.24) is 10.6 Å². The van der Waals surface area contributed by atoms with Crippen LogP contribution in [0.3, 0.4) is 0 Å². The van der Waals surface area contributed by atoms with Gasteiger partial charge in [-0.25, -0.2) is 17.6 Å². The number of benzene rings is 3. The number of carbonyl (C=O) groups is 3. The van der Waals surface area contributed by atoms with Gasteiger partial charge in [-0.2, -0.15) is 13.2 Å². The second-order valence-corrected chi connectivity index (χ2v) is 15.7. The molecule has 0 aliphatic heterocycles. The molecule has 0 heterocycles. The fraction of sp³-hybridized carbons (Fsp3) is 0.417. The molecule has 2 aliphatic carbocycles. The Morgan fingerprint density at radius 1 is 0.941 bits per heavy atom. The molecule has 2 fully saturated rings. The van der Waals surface area contributed by atoms with Crippen molar-refractivity contribution < 1.29 is 49.8 Å². The summed E-state index contributed by atoms with van der Waals surface area (Å²) < 4.78 is 89.1. The van der Waals surface area contributed by atoms with Gasteiger partial charge in [0.1, 0.15) is 17.2 Å². The Hall–Kier alpha value is -4.66. The molecule has 0 spiro atoms. The largest absolute Gasteiger partial charge is 0.501 e. The summed E-state index contributed by atoms with van der Waals surface area (Å²) in [5.41, 5.74) is -4.74. The van der Waals surface area contributed by atoms with Crippen LogP contribution in [0.15, 0.2) is 65.6 Å². The van der Waals surface area contributed by atoms with Crippen LogP contribution in [0.5, 0.6) is 5.75 Å². The van der Waals surface area contributed by atoms with Gasteiger partial charge in [0.2, 0.25) is 5.91 Å². The van der Waals surface area contributed by atoms with Crippen molar-refractivity contribution in [3.8, 4) is 16.9 Å². The summed E-state index contributed by atoms with van der Waals surface area (Å²) in [6, 6.07) is 12.7. The summed E-state index contributed by atoms with van der Waals surface area (Å²) >= 11 is 0. The first-order valence-corrected chi connectivity index (χ1v) is 17.8. The second kappa shape index (κ2) is 14.5. The molecule has 5 rings (SSSR count). The lowest BCUT2D eigenvalue weighted by molar-refractivity contribution is -0.122. The predicted molar refractivity (Wildman–Crippen MR) is 180 cm³/mol. The SMILES string of the molecule is COc1cc(F)c(-c2ccc(CCNC(=O)OC(C)(C)C)cc2)cc1C(=O)N[C@@H]1[C@H]2CC[C@H](C2)[C@@H]1C(=O)Nc1cccc(S(=O)(=O)C(F)(F)F)c1. The molecule has 3 N–H and O–H groups in total. The zero-order valence-corrected chi connectivity index (χ0v) is 29.2. The van der Waals surface area contributed by atoms with E-state index in [1.807, 2.05) is 0 Å². The van der Waals surface area contributed by atoms with Gasteiger partial charge in [0.15, 0.2) is 0 Å². The second-order valence-electron chi connectivity index (χ2n) is 13.7. The highest BCUT2D eigenvalue weighted by Crippen LogP contribution is 2.49. The van der Waals surface area contributed by atoms with Gasteiger partial charge < -0.3 is 25.4 Å². The number of rotatable bonds is 10. The number of hydrogen-bond donors (Lipinski definition) is 3. The van der Waals surface area contributed by atoms with Crippen molar-refractivity contribution in [2.45, 2.75) is 68.5 Å². The van der Waals surface area contributed by atoms with Crippen LogP contribution in [0.1, 0.15) is 56.0 Å². The highest BCUT2D eigenvalue weighted by Gasteiger charge is 2.52. The average Bonchev–Trinajstić information content (AvgIpc) is 3.66. The number of fused-ring (bicyclic) bond motifs is 2. The maximum absolute atomic E-state index is 15.3. The highest BCUT2D eigenvalue weighted by atomic mass is 32.2. The van der Waals surface area contributed by atoms with Crippen LogP contribution in [0.2, 0.25) is 0 Å². The average molecular weight is 734 g/mol. The van der Waals surface area contributed by atoms with Gasteiger partial charge in [-0.15, -0.1) is 0 Å². The van der Waals surface area contributed by atoms with Gasteiger partial charge in [-0.05, 0) is 93.7 Å². The van der Waals surface area contributed by atoms with Gasteiger partial charge in [0.05, 0.1) is 23.5 Å². The molecular formula is C36H39F4N3O7S. The van der Waals surface area contributed by atoms with Gasteiger partial charge in [-0.1, -0.05) is 30.3 Å². The number of ether oxygens (including phenoxy) is 2. The van der Waals surface area contributed by atoms with E-state index in [2.05, 4.69) is 16.0 Å². The molecule has 3 aromatic rings. The molecule has 3 amide bonds. The maximum atomic E-state index is 15.3. The number of methoxy groups -OCH3 is 1. The first kappa shape index (κ1) is 37.6. The van der Waals surface area contributed by atoms with Crippen LogP contribution in [0.25, 0.3) is 11.1 Å². The third kappa shape index (κ3) is 8.46. The molecule has 0 aromatic heterocycles. The van der Waals surface area contributed by atoms with Crippen molar-refractivity contribution in [2.24, 2.45) is 17.8 Å². The quantitative estimate of drug-likeness (QED) is 0.199. The van der Waals surface area contributed by atoms with Crippen molar-refractivity contribution in [3.63, 3.8) is 0 Å². The predicted octanol–water partition coefficient (Wildman–Crippen LogP) is 6.65. The highest BCUT2D eigenvalue weighted by molar-refractivity contribution is 7.92. The third-order valence-electron chi connectivity index (χ3n) is 9.11. The van der Waals surface area contributed by atoms with E-state index in [0.717, 1.165) is 36.2 Å². The third-order valence-corrected chi connectivity index (χ3v) is 10.6. The minimum absolute atomic E-state index is 0.0227. The zero-order valence-electron chi connectivity index (χ0n) is 28.4. The van der Waals surface area contributed by atoms with Crippen LogP contribution >= 0.6 is 0 Å². The molecule has 2 aliphatic rings. The Morgan fingerprint density at radius 3 is 2.27 bits per heavy atom. The van der Waals surface area contributed by atoms with Crippen LogP contribution < -0.4 is 20.7 Å². The molecule has 0 unspecified atom stereocenters. The van der Waals surface area contributed by atoms with Crippen LogP contribution in [0, 0.1) is 23.6 Å². The lowest BCUT2D eigenvalue weighted by Crippen LogP contribution is -2.48. The molecule has 274 valence electrons. The molecular weight excluding hydrogens is 694 g/mol. The maximum Gasteiger partial charge on any atom is 0.501 e. The number of alkyl carbamates (subject to hydrolysis) is 1. The van der Waals surface area contributed by atoms with E-state index in [1.165, 1.54) is 19.2 Å². The van der Waals surface area contributed by atoms with Gasteiger partial charge in [-0.3, -0.25) is 9.59 Å². The van der Waals surface area contributed by atoms with E-state index in [-0.39, 0.29) is 34.4 Å². The number of nitrogens with one attached hydrogen (secondary N) is 3. The summed E-state index contributed by atoms with van der Waals surface area (Å²) in [6.45, 7) is 5.62. The normalized spacial score (nSPS) is 20.1. The number of sulfone groups is 1. The first-order valence-electron chi connectivity index (χ1n) is 16.3. The van der Waals surface area contributed by atoms with Crippen molar-refractivity contribution >= 4 is 33.4 Å². The summed E-state index contributed by atoms with van der Waals surface area (Å²) in [5, 5.41) is 8.17. The molecule has 15 heteroatoms. The standard InChI is InChI=1S/C36H39F4N3O7S/c1-35(2,3)50-34(46)41-15-14-20-8-10-21(11-9-20)26-18-27(29(49-4)19-28(26)37)32(44)43-31-23-13-12-22(16-23)30(31)33(45)42-24-6-5-7-25(17-24)51(47,48)36(38,39)40/h5-11,17-19,22-23,30-31H,12-16H2,1-4H3,(H,41,46)(H,42,45)(H,43,44)/t22-,23+,30+,31-/m1/s1. The molecule has 2 saturated carbocycles. The monoisotopic (exact) mass is 733 g/mol. The fourth-order valence-electron chi connectivity index (χ4n) is 6.80. The minimum atomic E-state index is -5.63. The Labute approximate surface area is 293 Å². The van der Waals surface area contributed by atoms with E-state index < -0.39 is 61.5 Å². The molecule has 3 aromatic carbocycles. The molecule has 10 nitrogen and oxygen atoms in total. The lowest BCUT2D eigenvalue weighted by Gasteiger charge is -2.31. The zero-order chi connectivity index (χ0) is 37.3. The number of hydrogen-bond acceptors (Lipinski definition) is 7. The molecule has 51 heavy (non-hydrogen) atoms. The summed E-state index contributed by atoms with van der Waals surface area (Å²) in [5.74, 6) is -2.76. The number of carbonyl (C=O) groups excluding carboxylic acids is 3. The van der Waals surface area contributed by atoms with Crippen molar-refractivity contribution in [1.29, 1.82) is 0 Å². The summed E-state index contributed by atoms with van der Waals surface area (Å²) in [6.07, 6.45) is 2.04.